The molecule has 4 amide bonds. The molecule has 0 bridgehead atoms. The lowest BCUT2D eigenvalue weighted by molar-refractivity contribution is -0.146. The van der Waals surface area contributed by atoms with Crippen LogP contribution in [0.25, 0.3) is 0 Å². The van der Waals surface area contributed by atoms with Crippen molar-refractivity contribution in [1.29, 1.82) is 0 Å². The SMILES string of the molecule is C=C1CCC(N2C(=O)C=C(Nc3cccc(C(=O)NCc4ccc(C)c(Cl)c4)c3)C2=O)C(=O)N1. The number of hydrogen-bond acceptors (Lipinski definition) is 5. The van der Waals surface area contributed by atoms with Crippen molar-refractivity contribution in [3.05, 3.63) is 88.2 Å². The van der Waals surface area contributed by atoms with Gasteiger partial charge in [0.05, 0.1) is 0 Å². The predicted octanol–water partition coefficient (Wildman–Crippen LogP) is 3.04. The minimum atomic E-state index is -0.881. The lowest BCUT2D eigenvalue weighted by Gasteiger charge is -2.29. The van der Waals surface area contributed by atoms with Crippen molar-refractivity contribution < 1.29 is 19.2 Å². The Kier molecular flexibility index (Phi) is 6.51. The number of carbonyl (C=O) groups excluding carboxylic acids is 4. The molecule has 0 radical (unpaired) electrons. The molecule has 0 aromatic heterocycles. The molecule has 0 spiro atoms. The van der Waals surface area contributed by atoms with Crippen LogP contribution >= 0.6 is 11.6 Å². The Balaban J connectivity index is 1.41. The Morgan fingerprint density at radius 1 is 1.21 bits per heavy atom. The van der Waals surface area contributed by atoms with Crippen molar-refractivity contribution in [3.8, 4) is 0 Å². The van der Waals surface area contributed by atoms with E-state index < -0.39 is 23.8 Å². The Morgan fingerprint density at radius 2 is 2.00 bits per heavy atom. The number of piperidine rings is 1. The van der Waals surface area contributed by atoms with Gasteiger partial charge in [0.1, 0.15) is 11.7 Å². The number of halogens is 1. The first kappa shape index (κ1) is 23.3. The third-order valence-electron chi connectivity index (χ3n) is 5.68. The number of benzene rings is 2. The van der Waals surface area contributed by atoms with Gasteiger partial charge in [0.15, 0.2) is 0 Å². The monoisotopic (exact) mass is 478 g/mol. The molecule has 4 rings (SSSR count). The molecule has 8 nitrogen and oxygen atoms in total. The fourth-order valence-corrected chi connectivity index (χ4v) is 4.01. The largest absolute Gasteiger partial charge is 0.351 e. The molecule has 2 heterocycles. The number of allylic oxidation sites excluding steroid dienone is 1. The van der Waals surface area contributed by atoms with Gasteiger partial charge in [-0.3, -0.25) is 24.1 Å². The molecule has 1 unspecified atom stereocenters. The molecular formula is C25H23ClN4O4. The first-order valence-corrected chi connectivity index (χ1v) is 11.1. The van der Waals surface area contributed by atoms with Crippen LogP contribution in [0.3, 0.4) is 0 Å². The minimum Gasteiger partial charge on any atom is -0.351 e. The number of rotatable bonds is 6. The summed E-state index contributed by atoms with van der Waals surface area (Å²) in [6.07, 6.45) is 1.97. The number of aryl methyl sites for hydroxylation is 1. The molecule has 174 valence electrons. The van der Waals surface area contributed by atoms with E-state index in [0.717, 1.165) is 22.1 Å². The number of hydrogen-bond donors (Lipinski definition) is 3. The average molecular weight is 479 g/mol. The van der Waals surface area contributed by atoms with Crippen molar-refractivity contribution in [2.24, 2.45) is 0 Å². The van der Waals surface area contributed by atoms with Crippen molar-refractivity contribution >= 4 is 40.9 Å². The highest BCUT2D eigenvalue weighted by Gasteiger charge is 2.41. The maximum atomic E-state index is 12.9. The number of nitrogens with one attached hydrogen (secondary N) is 3. The lowest BCUT2D eigenvalue weighted by atomic mass is 10.0. The lowest BCUT2D eigenvalue weighted by Crippen LogP contribution is -2.52. The first-order chi connectivity index (χ1) is 16.2. The molecule has 1 fully saturated rings. The van der Waals surface area contributed by atoms with Gasteiger partial charge in [-0.25, -0.2) is 0 Å². The van der Waals surface area contributed by atoms with E-state index in [4.69, 9.17) is 11.6 Å². The Labute approximate surface area is 201 Å². The van der Waals surface area contributed by atoms with Gasteiger partial charge in [-0.2, -0.15) is 0 Å². The zero-order chi connectivity index (χ0) is 24.4. The molecule has 0 saturated carbocycles. The second-order valence-electron chi connectivity index (χ2n) is 8.19. The second-order valence-corrected chi connectivity index (χ2v) is 8.60. The van der Waals surface area contributed by atoms with Crippen molar-refractivity contribution in [3.63, 3.8) is 0 Å². The summed E-state index contributed by atoms with van der Waals surface area (Å²) in [7, 11) is 0. The van der Waals surface area contributed by atoms with Crippen LogP contribution in [0.5, 0.6) is 0 Å². The van der Waals surface area contributed by atoms with Crippen LogP contribution in [0.15, 0.2) is 66.5 Å². The highest BCUT2D eigenvalue weighted by Crippen LogP contribution is 2.24. The molecule has 1 atom stereocenters. The van der Waals surface area contributed by atoms with Crippen LogP contribution in [-0.4, -0.2) is 34.6 Å². The van der Waals surface area contributed by atoms with Crippen LogP contribution in [0.4, 0.5) is 5.69 Å². The third kappa shape index (κ3) is 4.87. The van der Waals surface area contributed by atoms with Gasteiger partial charge in [0.2, 0.25) is 5.91 Å². The average Bonchev–Trinajstić information content (AvgIpc) is 3.07. The summed E-state index contributed by atoms with van der Waals surface area (Å²) in [6, 6.07) is 11.3. The normalized spacial score (nSPS) is 18.0. The van der Waals surface area contributed by atoms with E-state index in [2.05, 4.69) is 22.5 Å². The van der Waals surface area contributed by atoms with Crippen LogP contribution in [0.2, 0.25) is 5.02 Å². The molecule has 34 heavy (non-hydrogen) atoms. The van der Waals surface area contributed by atoms with Crippen LogP contribution in [0.1, 0.15) is 34.3 Å². The van der Waals surface area contributed by atoms with Gasteiger partial charge >= 0.3 is 0 Å². The number of anilines is 1. The van der Waals surface area contributed by atoms with E-state index in [1.54, 1.807) is 30.3 Å². The maximum absolute atomic E-state index is 12.9. The van der Waals surface area contributed by atoms with Gasteiger partial charge in [-0.1, -0.05) is 36.4 Å². The summed E-state index contributed by atoms with van der Waals surface area (Å²) in [5.41, 5.74) is 3.26. The van der Waals surface area contributed by atoms with Crippen LogP contribution in [0, 0.1) is 6.92 Å². The number of amides is 4. The van der Waals surface area contributed by atoms with Crippen LogP contribution < -0.4 is 16.0 Å². The van der Waals surface area contributed by atoms with E-state index in [0.29, 0.717) is 41.4 Å². The molecule has 2 aliphatic heterocycles. The molecular weight excluding hydrogens is 456 g/mol. The number of nitrogens with zero attached hydrogens (tertiary/aromatic N) is 1. The molecule has 2 aliphatic rings. The Morgan fingerprint density at radius 3 is 2.74 bits per heavy atom. The van der Waals surface area contributed by atoms with Gasteiger partial charge in [0.25, 0.3) is 17.7 Å². The fourth-order valence-electron chi connectivity index (χ4n) is 3.80. The quantitative estimate of drug-likeness (QED) is 0.553. The summed E-state index contributed by atoms with van der Waals surface area (Å²) >= 11 is 6.14. The fraction of sp³-hybridized carbons (Fsp3) is 0.200. The topological polar surface area (TPSA) is 108 Å². The zero-order valence-corrected chi connectivity index (χ0v) is 19.2. The highest BCUT2D eigenvalue weighted by molar-refractivity contribution is 6.31. The maximum Gasteiger partial charge on any atom is 0.278 e. The van der Waals surface area contributed by atoms with Crippen LogP contribution in [-0.2, 0) is 20.9 Å². The highest BCUT2D eigenvalue weighted by atomic mass is 35.5. The Hall–Kier alpha value is -3.91. The summed E-state index contributed by atoms with van der Waals surface area (Å²) < 4.78 is 0. The third-order valence-corrected chi connectivity index (χ3v) is 6.09. The number of imide groups is 1. The minimum absolute atomic E-state index is 0.0362. The van der Waals surface area contributed by atoms with Gasteiger partial charge in [0, 0.05) is 34.6 Å². The van der Waals surface area contributed by atoms with E-state index in [1.807, 2.05) is 19.1 Å². The van der Waals surface area contributed by atoms with Gasteiger partial charge in [-0.05, 0) is 55.2 Å². The summed E-state index contributed by atoms with van der Waals surface area (Å²) in [5.74, 6) is -1.89. The molecule has 9 heteroatoms. The smallest absolute Gasteiger partial charge is 0.278 e. The molecule has 2 aromatic carbocycles. The van der Waals surface area contributed by atoms with Crippen molar-refractivity contribution in [2.45, 2.75) is 32.4 Å². The molecule has 3 N–H and O–H groups in total. The summed E-state index contributed by atoms with van der Waals surface area (Å²) in [6.45, 7) is 5.92. The van der Waals surface area contributed by atoms with E-state index in [-0.39, 0.29) is 11.6 Å². The van der Waals surface area contributed by atoms with Crippen molar-refractivity contribution in [1.82, 2.24) is 15.5 Å². The van der Waals surface area contributed by atoms with E-state index in [1.165, 1.54) is 0 Å². The first-order valence-electron chi connectivity index (χ1n) is 10.7. The van der Waals surface area contributed by atoms with Crippen molar-refractivity contribution in [2.75, 3.05) is 5.32 Å². The zero-order valence-electron chi connectivity index (χ0n) is 18.5. The Bertz CT molecular complexity index is 1250. The predicted molar refractivity (Wildman–Crippen MR) is 128 cm³/mol. The van der Waals surface area contributed by atoms with E-state index >= 15 is 0 Å². The second kappa shape index (κ2) is 9.52. The number of carbonyl (C=O) groups is 4. The van der Waals surface area contributed by atoms with E-state index in [9.17, 15) is 19.2 Å². The standard InChI is InChI=1S/C25H23ClN4O4/c1-14-6-8-16(10-19(14)26)13-27-23(32)17-4-3-5-18(11-17)29-20-12-22(31)30(25(20)34)21-9-7-15(2)28-24(21)33/h3-6,8,10-12,21,29H,2,7,9,13H2,1H3,(H,27,32)(H,28,33). The molecule has 0 aliphatic carbocycles. The molecule has 1 saturated heterocycles. The van der Waals surface area contributed by atoms with Gasteiger partial charge in [-0.15, -0.1) is 0 Å². The molecule has 2 aromatic rings. The summed E-state index contributed by atoms with van der Waals surface area (Å²) in [5, 5.41) is 8.95. The van der Waals surface area contributed by atoms with Gasteiger partial charge < -0.3 is 16.0 Å². The summed E-state index contributed by atoms with van der Waals surface area (Å²) in [4.78, 5) is 51.2.